The molecule has 1 spiro atoms. The average Bonchev–Trinajstić information content (AvgIpc) is 2.55. The highest BCUT2D eigenvalue weighted by molar-refractivity contribution is 5.41. The van der Waals surface area contributed by atoms with Gasteiger partial charge in [-0.05, 0) is 49.2 Å². The smallest absolute Gasteiger partial charge is 0.0960 e. The van der Waals surface area contributed by atoms with Crippen molar-refractivity contribution in [1.29, 1.82) is 0 Å². The van der Waals surface area contributed by atoms with Gasteiger partial charge in [-0.3, -0.25) is 0 Å². The van der Waals surface area contributed by atoms with Gasteiger partial charge in [0.1, 0.15) is 0 Å². The van der Waals surface area contributed by atoms with E-state index in [1.165, 1.54) is 36.8 Å². The van der Waals surface area contributed by atoms with Gasteiger partial charge in [-0.2, -0.15) is 0 Å². The Morgan fingerprint density at radius 1 is 1.38 bits per heavy atom. The largest absolute Gasteiger partial charge is 0.366 e. The second-order valence-corrected chi connectivity index (χ2v) is 4.74. The molecule has 3 atom stereocenters. The third-order valence-electron chi connectivity index (χ3n) is 4.10. The molecule has 0 amide bonds. The lowest BCUT2D eigenvalue weighted by Gasteiger charge is -2.36. The summed E-state index contributed by atoms with van der Waals surface area (Å²) < 4.78 is 6.13. The van der Waals surface area contributed by atoms with Crippen molar-refractivity contribution in [1.82, 2.24) is 0 Å². The van der Waals surface area contributed by atoms with Crippen LogP contribution in [0.1, 0.15) is 32.1 Å². The van der Waals surface area contributed by atoms with E-state index in [0.717, 1.165) is 12.3 Å². The predicted octanol–water partition coefficient (Wildman–Crippen LogP) is 2.83. The highest BCUT2D eigenvalue weighted by Gasteiger charge is 2.55. The molecule has 0 radical (unpaired) electrons. The zero-order valence-electron chi connectivity index (χ0n) is 8.01. The molecule has 0 N–H and O–H groups in total. The summed E-state index contributed by atoms with van der Waals surface area (Å²) in [6.07, 6.45) is 6.57. The van der Waals surface area contributed by atoms with Crippen LogP contribution in [0.15, 0.2) is 24.3 Å². The van der Waals surface area contributed by atoms with Crippen molar-refractivity contribution < 1.29 is 4.74 Å². The summed E-state index contributed by atoms with van der Waals surface area (Å²) in [6, 6.07) is 0. The second-order valence-electron chi connectivity index (χ2n) is 4.74. The van der Waals surface area contributed by atoms with E-state index in [4.69, 9.17) is 4.74 Å². The molecule has 13 heavy (non-hydrogen) atoms. The fourth-order valence-electron chi connectivity index (χ4n) is 3.47. The Morgan fingerprint density at radius 3 is 3.08 bits per heavy atom. The molecule has 70 valence electrons. The van der Waals surface area contributed by atoms with Gasteiger partial charge < -0.3 is 4.74 Å². The first-order valence-electron chi connectivity index (χ1n) is 5.28. The van der Waals surface area contributed by atoms with E-state index < -0.39 is 0 Å². The van der Waals surface area contributed by atoms with Crippen LogP contribution in [0.25, 0.3) is 0 Å². The van der Waals surface area contributed by atoms with Crippen molar-refractivity contribution in [2.24, 2.45) is 5.92 Å². The molecule has 2 aliphatic heterocycles. The molecule has 1 heteroatoms. The molecule has 2 saturated heterocycles. The van der Waals surface area contributed by atoms with Crippen molar-refractivity contribution >= 4 is 0 Å². The maximum Gasteiger partial charge on any atom is 0.0960 e. The fourth-order valence-corrected chi connectivity index (χ4v) is 3.47. The SMILES string of the molecule is C=C1CC2CC3CCCC3(O2)C1=C. The molecule has 3 fully saturated rings. The Hall–Kier alpha value is -0.560. The molecule has 2 bridgehead atoms. The van der Waals surface area contributed by atoms with Crippen LogP contribution in [0.4, 0.5) is 0 Å². The molecule has 3 unspecified atom stereocenters. The summed E-state index contributed by atoms with van der Waals surface area (Å²) in [5.74, 6) is 0.754. The van der Waals surface area contributed by atoms with Crippen LogP contribution in [0.3, 0.4) is 0 Å². The predicted molar refractivity (Wildman–Crippen MR) is 52.5 cm³/mol. The van der Waals surface area contributed by atoms with Crippen molar-refractivity contribution in [2.75, 3.05) is 0 Å². The van der Waals surface area contributed by atoms with Crippen LogP contribution < -0.4 is 0 Å². The number of ether oxygens (including phenoxy) is 1. The number of fused-ring (bicyclic) bond motifs is 1. The first kappa shape index (κ1) is 7.81. The molecule has 1 aliphatic carbocycles. The summed E-state index contributed by atoms with van der Waals surface area (Å²) in [6.45, 7) is 8.29. The lowest BCUT2D eigenvalue weighted by atomic mass is 9.82. The first-order valence-corrected chi connectivity index (χ1v) is 5.28. The average molecular weight is 176 g/mol. The molecule has 3 aliphatic rings. The maximum atomic E-state index is 6.13. The van der Waals surface area contributed by atoms with E-state index >= 15 is 0 Å². The zero-order valence-corrected chi connectivity index (χ0v) is 8.01. The minimum absolute atomic E-state index is 0.0417. The normalized spacial score (nSPS) is 48.3. The summed E-state index contributed by atoms with van der Waals surface area (Å²) in [4.78, 5) is 0. The molecule has 2 heterocycles. The second kappa shape index (κ2) is 2.27. The van der Waals surface area contributed by atoms with E-state index in [1.807, 2.05) is 0 Å². The van der Waals surface area contributed by atoms with Crippen molar-refractivity contribution in [3.05, 3.63) is 24.3 Å². The fraction of sp³-hybridized carbons (Fsp3) is 0.667. The Labute approximate surface area is 79.5 Å². The van der Waals surface area contributed by atoms with Crippen molar-refractivity contribution in [2.45, 2.75) is 43.8 Å². The topological polar surface area (TPSA) is 9.23 Å². The minimum atomic E-state index is 0.0417. The molecular formula is C12H16O. The monoisotopic (exact) mass is 176 g/mol. The van der Waals surface area contributed by atoms with Crippen LogP contribution in [0, 0.1) is 5.92 Å². The van der Waals surface area contributed by atoms with Crippen LogP contribution >= 0.6 is 0 Å². The molecular weight excluding hydrogens is 160 g/mol. The van der Waals surface area contributed by atoms with E-state index in [0.29, 0.717) is 6.10 Å². The highest BCUT2D eigenvalue weighted by atomic mass is 16.5. The Bertz CT molecular complexity index is 291. The summed E-state index contributed by atoms with van der Waals surface area (Å²) in [5, 5.41) is 0. The lowest BCUT2D eigenvalue weighted by Crippen LogP contribution is -2.37. The Kier molecular flexibility index (Phi) is 1.36. The third kappa shape index (κ3) is 0.812. The van der Waals surface area contributed by atoms with E-state index in [2.05, 4.69) is 13.2 Å². The summed E-state index contributed by atoms with van der Waals surface area (Å²) in [5.41, 5.74) is 2.50. The number of hydrogen-bond acceptors (Lipinski definition) is 1. The van der Waals surface area contributed by atoms with Crippen LogP contribution in [-0.2, 0) is 4.74 Å². The van der Waals surface area contributed by atoms with Gasteiger partial charge in [0.25, 0.3) is 0 Å². The standard InChI is InChI=1S/C12H16O/c1-8-6-11-7-10-4-3-5-12(10,13-11)9(8)2/h10-11H,1-7H2. The van der Waals surface area contributed by atoms with Crippen LogP contribution in [0.5, 0.6) is 0 Å². The zero-order chi connectivity index (χ0) is 9.05. The maximum absolute atomic E-state index is 6.13. The number of rotatable bonds is 0. The molecule has 1 saturated carbocycles. The number of hydrogen-bond donors (Lipinski definition) is 0. The van der Waals surface area contributed by atoms with Gasteiger partial charge in [-0.25, -0.2) is 0 Å². The van der Waals surface area contributed by atoms with Crippen molar-refractivity contribution in [3.8, 4) is 0 Å². The van der Waals surface area contributed by atoms with Gasteiger partial charge in [0.05, 0.1) is 11.7 Å². The van der Waals surface area contributed by atoms with Gasteiger partial charge in [0, 0.05) is 0 Å². The molecule has 0 aromatic rings. The van der Waals surface area contributed by atoms with Gasteiger partial charge in [0.2, 0.25) is 0 Å². The van der Waals surface area contributed by atoms with Crippen LogP contribution in [0.2, 0.25) is 0 Å². The van der Waals surface area contributed by atoms with Crippen LogP contribution in [-0.4, -0.2) is 11.7 Å². The van der Waals surface area contributed by atoms with E-state index in [9.17, 15) is 0 Å². The minimum Gasteiger partial charge on any atom is -0.366 e. The molecule has 1 nitrogen and oxygen atoms in total. The molecule has 0 aromatic carbocycles. The summed E-state index contributed by atoms with van der Waals surface area (Å²) >= 11 is 0. The van der Waals surface area contributed by atoms with E-state index in [1.54, 1.807) is 0 Å². The lowest BCUT2D eigenvalue weighted by molar-refractivity contribution is -0.0334. The third-order valence-corrected chi connectivity index (χ3v) is 4.10. The first-order chi connectivity index (χ1) is 6.22. The van der Waals surface area contributed by atoms with E-state index in [-0.39, 0.29) is 5.60 Å². The van der Waals surface area contributed by atoms with Gasteiger partial charge >= 0.3 is 0 Å². The van der Waals surface area contributed by atoms with Gasteiger partial charge in [-0.15, -0.1) is 0 Å². The van der Waals surface area contributed by atoms with Gasteiger partial charge in [-0.1, -0.05) is 13.2 Å². The quantitative estimate of drug-likeness (QED) is 0.551. The van der Waals surface area contributed by atoms with Gasteiger partial charge in [0.15, 0.2) is 0 Å². The van der Waals surface area contributed by atoms with Crippen molar-refractivity contribution in [3.63, 3.8) is 0 Å². The molecule has 0 aromatic heterocycles. The highest BCUT2D eigenvalue weighted by Crippen LogP contribution is 2.57. The molecule has 3 rings (SSSR count). The summed E-state index contributed by atoms with van der Waals surface area (Å²) in [7, 11) is 0. The Balaban J connectivity index is 2.07. The Morgan fingerprint density at radius 2 is 2.23 bits per heavy atom.